The number of amides is 1. The van der Waals surface area contributed by atoms with Crippen LogP contribution in [-0.4, -0.2) is 15.8 Å². The van der Waals surface area contributed by atoms with E-state index in [1.807, 2.05) is 0 Å². The molecule has 30 heavy (non-hydrogen) atoms. The van der Waals surface area contributed by atoms with Crippen molar-refractivity contribution >= 4 is 57.5 Å². The molecule has 0 unspecified atom stereocenters. The molecule has 0 radical (unpaired) electrons. The van der Waals surface area contributed by atoms with E-state index in [2.05, 4.69) is 10.6 Å². The minimum absolute atomic E-state index is 0.245. The topological polar surface area (TPSA) is 127 Å². The normalized spacial score (nSPS) is 10.3. The van der Waals surface area contributed by atoms with Gasteiger partial charge in [0, 0.05) is 33.6 Å². The fourth-order valence-corrected chi connectivity index (χ4v) is 2.82. The Morgan fingerprint density at radius 3 is 1.63 bits per heavy atom. The molecule has 3 aromatic carbocycles. The highest BCUT2D eigenvalue weighted by Crippen LogP contribution is 2.38. The summed E-state index contributed by atoms with van der Waals surface area (Å²) in [5.74, 6) is -0.749. The molecular formula is C19H12Cl2N4O5. The van der Waals surface area contributed by atoms with Gasteiger partial charge in [0.15, 0.2) is 5.69 Å². The molecule has 0 atom stereocenters. The summed E-state index contributed by atoms with van der Waals surface area (Å²) in [6, 6.07) is 14.1. The van der Waals surface area contributed by atoms with Crippen molar-refractivity contribution in [2.45, 2.75) is 0 Å². The Bertz CT molecular complexity index is 1100. The summed E-state index contributed by atoms with van der Waals surface area (Å²) in [4.78, 5) is 34.1. The molecule has 0 heterocycles. The van der Waals surface area contributed by atoms with Crippen LogP contribution in [0.2, 0.25) is 10.0 Å². The first kappa shape index (κ1) is 21.0. The van der Waals surface area contributed by atoms with Crippen LogP contribution in [-0.2, 0) is 0 Å². The van der Waals surface area contributed by atoms with Crippen LogP contribution in [0.3, 0.4) is 0 Å². The highest BCUT2D eigenvalue weighted by atomic mass is 35.5. The van der Waals surface area contributed by atoms with E-state index in [0.717, 1.165) is 12.1 Å². The number of nitrogens with zero attached hydrogens (tertiary/aromatic N) is 2. The summed E-state index contributed by atoms with van der Waals surface area (Å²) in [5.41, 5.74) is -1.12. The molecular weight excluding hydrogens is 435 g/mol. The summed E-state index contributed by atoms with van der Waals surface area (Å²) in [6.07, 6.45) is 0. The Hall–Kier alpha value is -3.69. The summed E-state index contributed by atoms with van der Waals surface area (Å²) in [7, 11) is 0. The third kappa shape index (κ3) is 4.83. The lowest BCUT2D eigenvalue weighted by atomic mass is 10.1. The number of benzene rings is 3. The summed E-state index contributed by atoms with van der Waals surface area (Å²) in [6.45, 7) is 0. The maximum Gasteiger partial charge on any atom is 0.300 e. The molecule has 0 saturated heterocycles. The number of rotatable bonds is 6. The van der Waals surface area contributed by atoms with Crippen LogP contribution < -0.4 is 10.6 Å². The molecule has 152 valence electrons. The van der Waals surface area contributed by atoms with Gasteiger partial charge in [-0.15, -0.1) is 0 Å². The first-order chi connectivity index (χ1) is 14.2. The Kier molecular flexibility index (Phi) is 6.14. The van der Waals surface area contributed by atoms with Crippen molar-refractivity contribution in [1.29, 1.82) is 0 Å². The molecule has 0 aliphatic carbocycles. The molecule has 11 heteroatoms. The number of anilines is 3. The van der Waals surface area contributed by atoms with Gasteiger partial charge in [-0.3, -0.25) is 25.0 Å². The van der Waals surface area contributed by atoms with Crippen molar-refractivity contribution < 1.29 is 14.6 Å². The molecule has 0 aliphatic rings. The fourth-order valence-electron chi connectivity index (χ4n) is 2.57. The fraction of sp³-hybridized carbons (Fsp3) is 0. The number of nitrogens with one attached hydrogen (secondary N) is 2. The van der Waals surface area contributed by atoms with Gasteiger partial charge in [0.1, 0.15) is 0 Å². The van der Waals surface area contributed by atoms with E-state index in [0.29, 0.717) is 21.4 Å². The van der Waals surface area contributed by atoms with Gasteiger partial charge in [-0.05, 0) is 48.5 Å². The predicted octanol–water partition coefficient (Wildman–Crippen LogP) is 5.81. The van der Waals surface area contributed by atoms with Gasteiger partial charge in [-0.25, -0.2) is 0 Å². The van der Waals surface area contributed by atoms with E-state index in [4.69, 9.17) is 23.2 Å². The summed E-state index contributed by atoms with van der Waals surface area (Å²) >= 11 is 11.6. The largest absolute Gasteiger partial charge is 0.344 e. The number of hydrogen-bond donors (Lipinski definition) is 2. The van der Waals surface area contributed by atoms with Gasteiger partial charge in [0.05, 0.1) is 15.4 Å². The molecule has 0 aromatic heterocycles. The SMILES string of the molecule is O=C(Nc1ccc(Cl)cc1)c1cc([N+](=O)[O-])c(Nc2ccc(Cl)cc2)c([N+](=O)[O-])c1. The highest BCUT2D eigenvalue weighted by molar-refractivity contribution is 6.31. The minimum Gasteiger partial charge on any atom is -0.344 e. The summed E-state index contributed by atoms with van der Waals surface area (Å²) < 4.78 is 0. The van der Waals surface area contributed by atoms with Crippen LogP contribution in [0.1, 0.15) is 10.4 Å². The lowest BCUT2D eigenvalue weighted by Gasteiger charge is -2.10. The first-order valence-corrected chi connectivity index (χ1v) is 9.06. The summed E-state index contributed by atoms with van der Waals surface area (Å²) in [5, 5.41) is 29.2. The molecule has 1 amide bonds. The van der Waals surface area contributed by atoms with E-state index in [9.17, 15) is 25.0 Å². The zero-order valence-corrected chi connectivity index (χ0v) is 16.5. The highest BCUT2D eigenvalue weighted by Gasteiger charge is 2.29. The number of carbonyl (C=O) groups excluding carboxylic acids is 1. The third-order valence-electron chi connectivity index (χ3n) is 3.97. The van der Waals surface area contributed by atoms with E-state index < -0.39 is 27.1 Å². The molecule has 0 spiro atoms. The van der Waals surface area contributed by atoms with Gasteiger partial charge < -0.3 is 10.6 Å². The zero-order chi connectivity index (χ0) is 21.8. The molecule has 0 fully saturated rings. The average Bonchev–Trinajstić information content (AvgIpc) is 2.71. The molecule has 3 aromatic rings. The quantitative estimate of drug-likeness (QED) is 0.363. The standard InChI is InChI=1S/C19H12Cl2N4O5/c20-12-1-5-14(6-2-12)22-18-16(24(27)28)9-11(10-17(18)25(29)30)19(26)23-15-7-3-13(21)4-8-15/h1-10,22H,(H,23,26). The van der Waals surface area contributed by atoms with Crippen molar-refractivity contribution in [1.82, 2.24) is 0 Å². The van der Waals surface area contributed by atoms with Crippen molar-refractivity contribution in [2.75, 3.05) is 10.6 Å². The first-order valence-electron chi connectivity index (χ1n) is 8.31. The smallest absolute Gasteiger partial charge is 0.300 e. The van der Waals surface area contributed by atoms with Gasteiger partial charge in [-0.1, -0.05) is 23.2 Å². The zero-order valence-electron chi connectivity index (χ0n) is 15.0. The van der Waals surface area contributed by atoms with Gasteiger partial charge in [0.2, 0.25) is 0 Å². The predicted molar refractivity (Wildman–Crippen MR) is 114 cm³/mol. The van der Waals surface area contributed by atoms with E-state index in [1.54, 1.807) is 12.1 Å². The maximum atomic E-state index is 12.5. The van der Waals surface area contributed by atoms with E-state index in [1.165, 1.54) is 36.4 Å². The molecule has 2 N–H and O–H groups in total. The van der Waals surface area contributed by atoms with E-state index >= 15 is 0 Å². The number of hydrogen-bond acceptors (Lipinski definition) is 6. The number of nitro groups is 2. The molecule has 0 aliphatic heterocycles. The average molecular weight is 447 g/mol. The van der Waals surface area contributed by atoms with Crippen LogP contribution in [0, 0.1) is 20.2 Å². The maximum absolute atomic E-state index is 12.5. The van der Waals surface area contributed by atoms with Crippen molar-refractivity contribution in [3.8, 4) is 0 Å². The lowest BCUT2D eigenvalue weighted by molar-refractivity contribution is -0.392. The molecule has 9 nitrogen and oxygen atoms in total. The molecule has 0 bridgehead atoms. The second kappa shape index (κ2) is 8.76. The van der Waals surface area contributed by atoms with Gasteiger partial charge >= 0.3 is 11.4 Å². The van der Waals surface area contributed by atoms with Gasteiger partial charge in [0.25, 0.3) is 5.91 Å². The Morgan fingerprint density at radius 1 is 0.767 bits per heavy atom. The van der Waals surface area contributed by atoms with Crippen LogP contribution in [0.15, 0.2) is 60.7 Å². The van der Waals surface area contributed by atoms with E-state index in [-0.39, 0.29) is 11.3 Å². The van der Waals surface area contributed by atoms with Crippen molar-refractivity contribution in [2.24, 2.45) is 0 Å². The Labute approximate surface area is 179 Å². The number of nitro benzene ring substituents is 2. The molecule has 0 saturated carbocycles. The molecule has 3 rings (SSSR count). The second-order valence-corrected chi connectivity index (χ2v) is 6.87. The van der Waals surface area contributed by atoms with Gasteiger partial charge in [-0.2, -0.15) is 0 Å². The minimum atomic E-state index is -0.801. The van der Waals surface area contributed by atoms with Crippen LogP contribution in [0.4, 0.5) is 28.4 Å². The number of carbonyl (C=O) groups is 1. The van der Waals surface area contributed by atoms with Crippen LogP contribution in [0.5, 0.6) is 0 Å². The monoisotopic (exact) mass is 446 g/mol. The number of halogens is 2. The lowest BCUT2D eigenvalue weighted by Crippen LogP contribution is -2.13. The van der Waals surface area contributed by atoms with Crippen LogP contribution in [0.25, 0.3) is 0 Å². The van der Waals surface area contributed by atoms with Crippen molar-refractivity contribution in [3.63, 3.8) is 0 Å². The van der Waals surface area contributed by atoms with Crippen molar-refractivity contribution in [3.05, 3.63) is 96.5 Å². The third-order valence-corrected chi connectivity index (χ3v) is 4.47. The Balaban J connectivity index is 2.02. The van der Waals surface area contributed by atoms with Crippen LogP contribution >= 0.6 is 23.2 Å². The second-order valence-electron chi connectivity index (χ2n) is 6.00. The Morgan fingerprint density at radius 2 is 1.20 bits per heavy atom.